The average Bonchev–Trinajstić information content (AvgIpc) is 2.82. The normalized spacial score (nSPS) is 25.6. The van der Waals surface area contributed by atoms with Crippen LogP contribution in [0, 0.1) is 0 Å². The molecule has 0 radical (unpaired) electrons. The standard InChI is InChI=1S/C12H22N2O2/c1-16-12(6-8-13-9-7-12)11(15)14-10-4-2-3-5-10/h10,13H,2-9H2,1H3,(H,14,15). The zero-order valence-electron chi connectivity index (χ0n) is 10.1. The summed E-state index contributed by atoms with van der Waals surface area (Å²) in [4.78, 5) is 12.2. The summed E-state index contributed by atoms with van der Waals surface area (Å²) in [6.45, 7) is 1.73. The molecule has 2 fully saturated rings. The van der Waals surface area contributed by atoms with Crippen molar-refractivity contribution in [1.29, 1.82) is 0 Å². The molecule has 4 heteroatoms. The lowest BCUT2D eigenvalue weighted by Crippen LogP contribution is -2.55. The van der Waals surface area contributed by atoms with Crippen LogP contribution in [0.4, 0.5) is 0 Å². The fraction of sp³-hybridized carbons (Fsp3) is 0.917. The van der Waals surface area contributed by atoms with Crippen molar-refractivity contribution in [3.8, 4) is 0 Å². The molecule has 0 aromatic rings. The molecule has 92 valence electrons. The van der Waals surface area contributed by atoms with Crippen LogP contribution in [0.3, 0.4) is 0 Å². The van der Waals surface area contributed by atoms with Crippen molar-refractivity contribution in [3.63, 3.8) is 0 Å². The van der Waals surface area contributed by atoms with Crippen LogP contribution >= 0.6 is 0 Å². The quantitative estimate of drug-likeness (QED) is 0.749. The summed E-state index contributed by atoms with van der Waals surface area (Å²) >= 11 is 0. The van der Waals surface area contributed by atoms with Crippen LogP contribution in [0.1, 0.15) is 38.5 Å². The van der Waals surface area contributed by atoms with Crippen LogP contribution in [0.2, 0.25) is 0 Å². The Morgan fingerprint density at radius 3 is 2.50 bits per heavy atom. The number of rotatable bonds is 3. The van der Waals surface area contributed by atoms with Crippen LogP contribution in [-0.2, 0) is 9.53 Å². The van der Waals surface area contributed by atoms with Crippen molar-refractivity contribution in [1.82, 2.24) is 10.6 Å². The third-order valence-corrected chi connectivity index (χ3v) is 3.91. The summed E-state index contributed by atoms with van der Waals surface area (Å²) in [6, 6.07) is 0.384. The second kappa shape index (κ2) is 5.15. The fourth-order valence-corrected chi connectivity index (χ4v) is 2.74. The van der Waals surface area contributed by atoms with Gasteiger partial charge in [0.15, 0.2) is 0 Å². The Kier molecular flexibility index (Phi) is 3.82. The van der Waals surface area contributed by atoms with Crippen molar-refractivity contribution >= 4 is 5.91 Å². The van der Waals surface area contributed by atoms with E-state index in [2.05, 4.69) is 10.6 Å². The monoisotopic (exact) mass is 226 g/mol. The molecule has 1 amide bonds. The van der Waals surface area contributed by atoms with Gasteiger partial charge in [-0.25, -0.2) is 0 Å². The highest BCUT2D eigenvalue weighted by molar-refractivity contribution is 5.85. The number of nitrogens with one attached hydrogen (secondary N) is 2. The van der Waals surface area contributed by atoms with Gasteiger partial charge in [0.25, 0.3) is 5.91 Å². The third-order valence-electron chi connectivity index (χ3n) is 3.91. The van der Waals surface area contributed by atoms with E-state index in [1.165, 1.54) is 12.8 Å². The van der Waals surface area contributed by atoms with Crippen LogP contribution in [-0.4, -0.2) is 37.7 Å². The average molecular weight is 226 g/mol. The lowest BCUT2D eigenvalue weighted by molar-refractivity contribution is -0.147. The molecule has 2 aliphatic rings. The number of amides is 1. The van der Waals surface area contributed by atoms with Crippen LogP contribution in [0.25, 0.3) is 0 Å². The number of carbonyl (C=O) groups is 1. The van der Waals surface area contributed by atoms with E-state index in [4.69, 9.17) is 4.74 Å². The van der Waals surface area contributed by atoms with E-state index in [0.29, 0.717) is 6.04 Å². The second-order valence-corrected chi connectivity index (χ2v) is 4.90. The maximum Gasteiger partial charge on any atom is 0.252 e. The molecule has 0 unspecified atom stereocenters. The molecular weight excluding hydrogens is 204 g/mol. The molecule has 0 atom stereocenters. The van der Waals surface area contributed by atoms with E-state index in [9.17, 15) is 4.79 Å². The Labute approximate surface area is 97.1 Å². The fourth-order valence-electron chi connectivity index (χ4n) is 2.74. The van der Waals surface area contributed by atoms with Crippen LogP contribution in [0.15, 0.2) is 0 Å². The molecule has 0 spiro atoms. The Morgan fingerprint density at radius 1 is 1.31 bits per heavy atom. The van der Waals surface area contributed by atoms with Crippen molar-refractivity contribution in [2.24, 2.45) is 0 Å². The van der Waals surface area contributed by atoms with Gasteiger partial charge in [-0.3, -0.25) is 4.79 Å². The van der Waals surface area contributed by atoms with Gasteiger partial charge in [0.2, 0.25) is 0 Å². The number of carbonyl (C=O) groups excluding carboxylic acids is 1. The summed E-state index contributed by atoms with van der Waals surface area (Å²) in [5.74, 6) is 0.100. The largest absolute Gasteiger partial charge is 0.368 e. The summed E-state index contributed by atoms with van der Waals surface area (Å²) < 4.78 is 5.50. The van der Waals surface area contributed by atoms with Gasteiger partial charge in [0.1, 0.15) is 5.60 Å². The van der Waals surface area contributed by atoms with Crippen molar-refractivity contribution in [3.05, 3.63) is 0 Å². The first-order chi connectivity index (χ1) is 7.77. The lowest BCUT2D eigenvalue weighted by Gasteiger charge is -2.35. The highest BCUT2D eigenvalue weighted by Gasteiger charge is 2.40. The van der Waals surface area contributed by atoms with E-state index in [-0.39, 0.29) is 5.91 Å². The SMILES string of the molecule is COC1(C(=O)NC2CCCC2)CCNCC1. The van der Waals surface area contributed by atoms with Gasteiger partial charge in [-0.2, -0.15) is 0 Å². The molecule has 2 N–H and O–H groups in total. The molecule has 1 saturated heterocycles. The van der Waals surface area contributed by atoms with Gasteiger partial charge in [0, 0.05) is 13.2 Å². The highest BCUT2D eigenvalue weighted by Crippen LogP contribution is 2.25. The van der Waals surface area contributed by atoms with Crippen molar-refractivity contribution < 1.29 is 9.53 Å². The van der Waals surface area contributed by atoms with E-state index in [1.54, 1.807) is 7.11 Å². The number of hydrogen-bond acceptors (Lipinski definition) is 3. The molecule has 2 rings (SSSR count). The number of piperidine rings is 1. The molecule has 4 nitrogen and oxygen atoms in total. The molecule has 0 aromatic heterocycles. The molecule has 1 saturated carbocycles. The molecule has 1 heterocycles. The van der Waals surface area contributed by atoms with E-state index in [0.717, 1.165) is 38.8 Å². The van der Waals surface area contributed by atoms with Crippen molar-refractivity contribution in [2.45, 2.75) is 50.2 Å². The minimum atomic E-state index is -0.576. The van der Waals surface area contributed by atoms with E-state index in [1.807, 2.05) is 0 Å². The third kappa shape index (κ3) is 2.38. The highest BCUT2D eigenvalue weighted by atomic mass is 16.5. The topological polar surface area (TPSA) is 50.4 Å². The zero-order valence-corrected chi connectivity index (χ0v) is 10.1. The Morgan fingerprint density at radius 2 is 1.94 bits per heavy atom. The molecule has 16 heavy (non-hydrogen) atoms. The van der Waals surface area contributed by atoms with Gasteiger partial charge < -0.3 is 15.4 Å². The molecule has 0 bridgehead atoms. The molecule has 1 aliphatic carbocycles. The summed E-state index contributed by atoms with van der Waals surface area (Å²) in [7, 11) is 1.65. The Hall–Kier alpha value is -0.610. The first-order valence-corrected chi connectivity index (χ1v) is 6.34. The smallest absolute Gasteiger partial charge is 0.252 e. The van der Waals surface area contributed by atoms with E-state index >= 15 is 0 Å². The number of hydrogen-bond donors (Lipinski definition) is 2. The first-order valence-electron chi connectivity index (χ1n) is 6.34. The summed E-state index contributed by atoms with van der Waals surface area (Å²) in [6.07, 6.45) is 6.30. The van der Waals surface area contributed by atoms with E-state index < -0.39 is 5.60 Å². The second-order valence-electron chi connectivity index (χ2n) is 4.90. The van der Waals surface area contributed by atoms with Crippen molar-refractivity contribution in [2.75, 3.05) is 20.2 Å². The minimum Gasteiger partial charge on any atom is -0.368 e. The molecule has 1 aliphatic heterocycles. The number of methoxy groups -OCH3 is 1. The van der Waals surface area contributed by atoms with Gasteiger partial charge in [0.05, 0.1) is 0 Å². The molecule has 0 aromatic carbocycles. The summed E-state index contributed by atoms with van der Waals surface area (Å²) in [5.41, 5.74) is -0.576. The Balaban J connectivity index is 1.94. The van der Waals surface area contributed by atoms with Gasteiger partial charge >= 0.3 is 0 Å². The lowest BCUT2D eigenvalue weighted by atomic mass is 9.90. The maximum atomic E-state index is 12.2. The van der Waals surface area contributed by atoms with Gasteiger partial charge in [-0.15, -0.1) is 0 Å². The predicted molar refractivity (Wildman–Crippen MR) is 62.2 cm³/mol. The zero-order chi connectivity index (χ0) is 11.4. The van der Waals surface area contributed by atoms with Crippen LogP contribution < -0.4 is 10.6 Å². The first kappa shape index (κ1) is 11.9. The molecular formula is C12H22N2O2. The van der Waals surface area contributed by atoms with Gasteiger partial charge in [-0.1, -0.05) is 12.8 Å². The van der Waals surface area contributed by atoms with Gasteiger partial charge in [-0.05, 0) is 38.8 Å². The number of ether oxygens (including phenoxy) is 1. The maximum absolute atomic E-state index is 12.2. The van der Waals surface area contributed by atoms with Crippen LogP contribution in [0.5, 0.6) is 0 Å². The Bertz CT molecular complexity index is 243. The summed E-state index contributed by atoms with van der Waals surface area (Å²) in [5, 5.41) is 6.41. The minimum absolute atomic E-state index is 0.100. The predicted octanol–water partition coefficient (Wildman–Crippen LogP) is 0.814.